The molecule has 1 rings (SSSR count). The Kier molecular flexibility index (Phi) is 3.71. The largest absolute Gasteiger partial charge is 0.324 e. The molecule has 0 aromatic heterocycles. The van der Waals surface area contributed by atoms with Crippen LogP contribution in [0.15, 0.2) is 36.9 Å². The average molecular weight is 175 g/mol. The topological polar surface area (TPSA) is 26.0 Å². The first kappa shape index (κ1) is 10.0. The molecular weight excluding hydrogens is 158 g/mol. The van der Waals surface area contributed by atoms with E-state index in [-0.39, 0.29) is 6.04 Å². The number of benzene rings is 1. The second kappa shape index (κ2) is 4.83. The highest BCUT2D eigenvalue weighted by atomic mass is 14.6. The van der Waals surface area contributed by atoms with E-state index in [0.717, 1.165) is 12.8 Å². The summed E-state index contributed by atoms with van der Waals surface area (Å²) in [6.45, 7) is 5.84. The molecule has 0 spiro atoms. The van der Waals surface area contributed by atoms with Gasteiger partial charge in [0.05, 0.1) is 0 Å². The summed E-state index contributed by atoms with van der Waals surface area (Å²) < 4.78 is 0. The van der Waals surface area contributed by atoms with Crippen LogP contribution in [0.4, 0.5) is 0 Å². The highest BCUT2D eigenvalue weighted by Crippen LogP contribution is 2.15. The van der Waals surface area contributed by atoms with Crippen molar-refractivity contribution in [2.24, 2.45) is 5.73 Å². The molecule has 2 N–H and O–H groups in total. The minimum absolute atomic E-state index is 0.101. The lowest BCUT2D eigenvalue weighted by Gasteiger charge is -2.10. The molecule has 0 aliphatic rings. The van der Waals surface area contributed by atoms with E-state index in [4.69, 9.17) is 5.73 Å². The lowest BCUT2D eigenvalue weighted by Crippen LogP contribution is -2.09. The summed E-state index contributed by atoms with van der Waals surface area (Å²) in [7, 11) is 0. The Morgan fingerprint density at radius 1 is 1.54 bits per heavy atom. The average Bonchev–Trinajstić information content (AvgIpc) is 2.18. The maximum Gasteiger partial charge on any atom is 0.0329 e. The first-order chi connectivity index (χ1) is 6.27. The van der Waals surface area contributed by atoms with Gasteiger partial charge in [0.15, 0.2) is 0 Å². The minimum atomic E-state index is 0.101. The fourth-order valence-electron chi connectivity index (χ4n) is 1.36. The smallest absolute Gasteiger partial charge is 0.0329 e. The van der Waals surface area contributed by atoms with Crippen molar-refractivity contribution in [3.05, 3.63) is 48.0 Å². The van der Waals surface area contributed by atoms with Crippen LogP contribution in [0.2, 0.25) is 0 Å². The van der Waals surface area contributed by atoms with Gasteiger partial charge in [-0.1, -0.05) is 37.3 Å². The van der Waals surface area contributed by atoms with Crippen molar-refractivity contribution in [1.29, 1.82) is 0 Å². The van der Waals surface area contributed by atoms with Crippen molar-refractivity contribution >= 4 is 0 Å². The standard InChI is InChI=1S/C12H17N/c1-3-6-12(13)11-8-5-7-10(4-2)9-11/h3,5,7-9,12H,1,4,6,13H2,2H3. The second-order valence-corrected chi connectivity index (χ2v) is 3.23. The van der Waals surface area contributed by atoms with Crippen LogP contribution in [0.1, 0.15) is 30.5 Å². The fraction of sp³-hybridized carbons (Fsp3) is 0.333. The van der Waals surface area contributed by atoms with Gasteiger partial charge in [-0.15, -0.1) is 6.58 Å². The van der Waals surface area contributed by atoms with Crippen molar-refractivity contribution in [1.82, 2.24) is 0 Å². The fourth-order valence-corrected chi connectivity index (χ4v) is 1.36. The first-order valence-corrected chi connectivity index (χ1v) is 4.73. The van der Waals surface area contributed by atoms with Gasteiger partial charge in [-0.3, -0.25) is 0 Å². The number of hydrogen-bond donors (Lipinski definition) is 1. The molecule has 0 aliphatic heterocycles. The molecule has 13 heavy (non-hydrogen) atoms. The summed E-state index contributed by atoms with van der Waals surface area (Å²) in [6.07, 6.45) is 3.77. The summed E-state index contributed by atoms with van der Waals surface area (Å²) in [5.74, 6) is 0. The minimum Gasteiger partial charge on any atom is -0.324 e. The molecule has 1 heteroatoms. The van der Waals surface area contributed by atoms with Crippen LogP contribution in [0.25, 0.3) is 0 Å². The molecule has 0 amide bonds. The molecular formula is C12H17N. The van der Waals surface area contributed by atoms with Crippen LogP contribution in [-0.4, -0.2) is 0 Å². The monoisotopic (exact) mass is 175 g/mol. The summed E-state index contributed by atoms with van der Waals surface area (Å²) in [6, 6.07) is 8.55. The van der Waals surface area contributed by atoms with Crippen LogP contribution < -0.4 is 5.73 Å². The Hall–Kier alpha value is -1.08. The van der Waals surface area contributed by atoms with E-state index in [0.29, 0.717) is 0 Å². The summed E-state index contributed by atoms with van der Waals surface area (Å²) >= 11 is 0. The van der Waals surface area contributed by atoms with Crippen LogP contribution in [0.5, 0.6) is 0 Å². The number of hydrogen-bond acceptors (Lipinski definition) is 1. The van der Waals surface area contributed by atoms with Crippen molar-refractivity contribution in [3.63, 3.8) is 0 Å². The Labute approximate surface area is 80.3 Å². The quantitative estimate of drug-likeness (QED) is 0.700. The third kappa shape index (κ3) is 2.71. The predicted octanol–water partition coefficient (Wildman–Crippen LogP) is 2.82. The van der Waals surface area contributed by atoms with Gasteiger partial charge in [-0.05, 0) is 24.0 Å². The van der Waals surface area contributed by atoms with Crippen molar-refractivity contribution in [2.75, 3.05) is 0 Å². The Bertz CT molecular complexity index is 278. The van der Waals surface area contributed by atoms with E-state index < -0.39 is 0 Å². The maximum absolute atomic E-state index is 5.96. The van der Waals surface area contributed by atoms with Gasteiger partial charge in [-0.25, -0.2) is 0 Å². The predicted molar refractivity (Wildman–Crippen MR) is 57.6 cm³/mol. The number of aryl methyl sites for hydroxylation is 1. The number of nitrogens with two attached hydrogens (primary N) is 1. The lowest BCUT2D eigenvalue weighted by atomic mass is 10.0. The van der Waals surface area contributed by atoms with E-state index in [2.05, 4.69) is 37.8 Å². The Balaban J connectivity index is 2.81. The molecule has 0 fully saturated rings. The maximum atomic E-state index is 5.96. The highest BCUT2D eigenvalue weighted by molar-refractivity contribution is 5.26. The molecule has 1 aromatic carbocycles. The molecule has 1 aromatic rings. The molecule has 1 nitrogen and oxygen atoms in total. The second-order valence-electron chi connectivity index (χ2n) is 3.23. The van der Waals surface area contributed by atoms with Gasteiger partial charge in [0.2, 0.25) is 0 Å². The third-order valence-corrected chi connectivity index (χ3v) is 2.21. The van der Waals surface area contributed by atoms with Crippen molar-refractivity contribution in [3.8, 4) is 0 Å². The molecule has 0 saturated carbocycles. The van der Waals surface area contributed by atoms with Crippen LogP contribution in [0.3, 0.4) is 0 Å². The van der Waals surface area contributed by atoms with Crippen molar-refractivity contribution in [2.45, 2.75) is 25.8 Å². The Morgan fingerprint density at radius 2 is 2.31 bits per heavy atom. The molecule has 0 radical (unpaired) electrons. The van der Waals surface area contributed by atoms with Crippen LogP contribution in [0, 0.1) is 0 Å². The molecule has 1 unspecified atom stereocenters. The van der Waals surface area contributed by atoms with Gasteiger partial charge in [0, 0.05) is 6.04 Å². The summed E-state index contributed by atoms with van der Waals surface area (Å²) in [5, 5.41) is 0. The first-order valence-electron chi connectivity index (χ1n) is 4.73. The zero-order valence-corrected chi connectivity index (χ0v) is 8.16. The van der Waals surface area contributed by atoms with Gasteiger partial charge in [0.1, 0.15) is 0 Å². The molecule has 0 bridgehead atoms. The molecule has 0 heterocycles. The Morgan fingerprint density at radius 3 is 2.92 bits per heavy atom. The van der Waals surface area contributed by atoms with E-state index in [9.17, 15) is 0 Å². The SMILES string of the molecule is C=CCC(N)c1cccc(CC)c1. The van der Waals surface area contributed by atoms with E-state index in [1.165, 1.54) is 11.1 Å². The van der Waals surface area contributed by atoms with Crippen LogP contribution >= 0.6 is 0 Å². The zero-order chi connectivity index (χ0) is 9.68. The van der Waals surface area contributed by atoms with Gasteiger partial charge >= 0.3 is 0 Å². The van der Waals surface area contributed by atoms with Gasteiger partial charge in [0.25, 0.3) is 0 Å². The van der Waals surface area contributed by atoms with Crippen LogP contribution in [-0.2, 0) is 6.42 Å². The van der Waals surface area contributed by atoms with Gasteiger partial charge < -0.3 is 5.73 Å². The molecule has 70 valence electrons. The van der Waals surface area contributed by atoms with E-state index in [1.54, 1.807) is 0 Å². The van der Waals surface area contributed by atoms with E-state index in [1.807, 2.05) is 6.08 Å². The molecule has 0 aliphatic carbocycles. The van der Waals surface area contributed by atoms with Crippen molar-refractivity contribution < 1.29 is 0 Å². The number of rotatable bonds is 4. The van der Waals surface area contributed by atoms with E-state index >= 15 is 0 Å². The summed E-state index contributed by atoms with van der Waals surface area (Å²) in [5.41, 5.74) is 8.51. The molecule has 1 atom stereocenters. The molecule has 0 saturated heterocycles. The highest BCUT2D eigenvalue weighted by Gasteiger charge is 2.03. The normalized spacial score (nSPS) is 12.5. The van der Waals surface area contributed by atoms with Gasteiger partial charge in [-0.2, -0.15) is 0 Å². The summed E-state index contributed by atoms with van der Waals surface area (Å²) in [4.78, 5) is 0. The lowest BCUT2D eigenvalue weighted by molar-refractivity contribution is 0.740. The third-order valence-electron chi connectivity index (χ3n) is 2.21. The zero-order valence-electron chi connectivity index (χ0n) is 8.16.